The van der Waals surface area contributed by atoms with Gasteiger partial charge < -0.3 is 25.0 Å². The van der Waals surface area contributed by atoms with Crippen molar-refractivity contribution in [3.05, 3.63) is 66.5 Å². The van der Waals surface area contributed by atoms with E-state index in [-0.39, 0.29) is 18.8 Å². The molecule has 1 aliphatic rings. The number of nitrogens with one attached hydrogen (secondary N) is 2. The van der Waals surface area contributed by atoms with E-state index in [4.69, 9.17) is 14.5 Å². The van der Waals surface area contributed by atoms with Crippen LogP contribution in [-0.4, -0.2) is 63.9 Å². The first-order chi connectivity index (χ1) is 20.7. The summed E-state index contributed by atoms with van der Waals surface area (Å²) in [6.45, 7) is 8.96. The molecule has 2 aromatic carbocycles. The molecule has 0 radical (unpaired) electrons. The van der Waals surface area contributed by atoms with Crippen LogP contribution in [0.5, 0.6) is 11.6 Å². The van der Waals surface area contributed by atoms with Gasteiger partial charge in [0.1, 0.15) is 11.4 Å². The molecular weight excluding hydrogens is 547 g/mol. The van der Waals surface area contributed by atoms with E-state index in [0.29, 0.717) is 49.3 Å². The van der Waals surface area contributed by atoms with Crippen molar-refractivity contribution in [3.63, 3.8) is 0 Å². The normalized spacial score (nSPS) is 15.3. The van der Waals surface area contributed by atoms with Crippen LogP contribution in [0.4, 0.5) is 20.8 Å². The van der Waals surface area contributed by atoms with Crippen LogP contribution in [0.2, 0.25) is 0 Å². The number of hydrogen-bond donors (Lipinski definition) is 2. The number of nitrogens with zero attached hydrogens (tertiary/aromatic N) is 4. The number of rotatable bonds is 9. The monoisotopic (exact) mass is 586 g/mol. The Morgan fingerprint density at radius 2 is 1.93 bits per heavy atom. The van der Waals surface area contributed by atoms with Crippen LogP contribution in [0.1, 0.15) is 45.6 Å². The summed E-state index contributed by atoms with van der Waals surface area (Å²) < 4.78 is 24.8. The number of benzene rings is 2. The quantitative estimate of drug-likeness (QED) is 0.196. The fourth-order valence-corrected chi connectivity index (χ4v) is 5.13. The number of hydrogen-bond acceptors (Lipinski definition) is 8. The van der Waals surface area contributed by atoms with Crippen molar-refractivity contribution in [3.8, 4) is 22.9 Å². The lowest BCUT2D eigenvalue weighted by Gasteiger charge is -2.34. The SMILES string of the molecule is Cc1ccc2c(NCCCF)cccc2c1Oc1ncccc1-c1ccnc(NC2CCCN(C(=O)OC(C)(C)C)C2)n1. The minimum Gasteiger partial charge on any atom is -0.444 e. The van der Waals surface area contributed by atoms with Gasteiger partial charge in [0.25, 0.3) is 0 Å². The van der Waals surface area contributed by atoms with Crippen LogP contribution in [0.3, 0.4) is 0 Å². The molecule has 9 nitrogen and oxygen atoms in total. The highest BCUT2D eigenvalue weighted by molar-refractivity contribution is 5.98. The minimum atomic E-state index is -0.543. The molecule has 1 fully saturated rings. The van der Waals surface area contributed by atoms with Crippen molar-refractivity contribution in [2.24, 2.45) is 0 Å². The van der Waals surface area contributed by atoms with Gasteiger partial charge in [-0.2, -0.15) is 0 Å². The number of fused-ring (bicyclic) bond motifs is 1. The maximum atomic E-state index is 12.7. The van der Waals surface area contributed by atoms with Gasteiger partial charge in [0.15, 0.2) is 0 Å². The largest absolute Gasteiger partial charge is 0.444 e. The molecule has 1 atom stereocenters. The number of amides is 1. The molecule has 1 unspecified atom stereocenters. The number of aromatic nitrogens is 3. The number of aryl methyl sites for hydroxylation is 1. The summed E-state index contributed by atoms with van der Waals surface area (Å²) >= 11 is 0. The van der Waals surface area contributed by atoms with Gasteiger partial charge in [0.2, 0.25) is 11.8 Å². The zero-order chi connectivity index (χ0) is 30.4. The molecule has 4 aromatic rings. The Morgan fingerprint density at radius 3 is 2.74 bits per heavy atom. The molecule has 0 saturated carbocycles. The third kappa shape index (κ3) is 7.49. The van der Waals surface area contributed by atoms with Crippen LogP contribution in [-0.2, 0) is 4.74 Å². The molecule has 1 saturated heterocycles. The smallest absolute Gasteiger partial charge is 0.410 e. The van der Waals surface area contributed by atoms with E-state index in [1.807, 2.05) is 76.2 Å². The number of pyridine rings is 1. The zero-order valence-electron chi connectivity index (χ0n) is 25.2. The average Bonchev–Trinajstić information content (AvgIpc) is 2.98. The first-order valence-corrected chi connectivity index (χ1v) is 14.7. The van der Waals surface area contributed by atoms with E-state index in [9.17, 15) is 9.18 Å². The van der Waals surface area contributed by atoms with Gasteiger partial charge in [-0.1, -0.05) is 24.3 Å². The second-order valence-corrected chi connectivity index (χ2v) is 11.7. The van der Waals surface area contributed by atoms with E-state index in [0.717, 1.165) is 40.4 Å². The van der Waals surface area contributed by atoms with Gasteiger partial charge in [-0.25, -0.2) is 19.7 Å². The van der Waals surface area contributed by atoms with Crippen LogP contribution in [0.25, 0.3) is 22.0 Å². The lowest BCUT2D eigenvalue weighted by atomic mass is 10.0. The number of carbonyl (C=O) groups excluding carboxylic acids is 1. The maximum absolute atomic E-state index is 12.7. The molecule has 0 spiro atoms. The summed E-state index contributed by atoms with van der Waals surface area (Å²) in [5.74, 6) is 1.59. The van der Waals surface area contributed by atoms with Gasteiger partial charge in [0, 0.05) is 54.5 Å². The molecular formula is C33H39FN6O3. The molecule has 3 heterocycles. The number of anilines is 2. The number of carbonyl (C=O) groups is 1. The highest BCUT2D eigenvalue weighted by Crippen LogP contribution is 2.38. The minimum absolute atomic E-state index is 0.00724. The van der Waals surface area contributed by atoms with Crippen molar-refractivity contribution in [1.82, 2.24) is 19.9 Å². The highest BCUT2D eigenvalue weighted by atomic mass is 19.1. The molecule has 1 aliphatic heterocycles. The first-order valence-electron chi connectivity index (χ1n) is 14.7. The number of halogens is 1. The average molecular weight is 587 g/mol. The zero-order valence-corrected chi connectivity index (χ0v) is 25.2. The Hall–Kier alpha value is -4.47. The summed E-state index contributed by atoms with van der Waals surface area (Å²) in [5, 5.41) is 8.65. The third-order valence-corrected chi connectivity index (χ3v) is 7.14. The van der Waals surface area contributed by atoms with Gasteiger partial charge in [0.05, 0.1) is 17.9 Å². The second kappa shape index (κ2) is 13.2. The van der Waals surface area contributed by atoms with Gasteiger partial charge in [-0.15, -0.1) is 0 Å². The molecule has 5 rings (SSSR count). The summed E-state index contributed by atoms with van der Waals surface area (Å²) in [7, 11) is 0. The van der Waals surface area contributed by atoms with Crippen LogP contribution < -0.4 is 15.4 Å². The first kappa shape index (κ1) is 30.0. The summed E-state index contributed by atoms with van der Waals surface area (Å²) in [5.41, 5.74) is 2.73. The van der Waals surface area contributed by atoms with Crippen molar-refractivity contribution < 1.29 is 18.7 Å². The van der Waals surface area contributed by atoms with Crippen molar-refractivity contribution in [2.75, 3.05) is 36.9 Å². The van der Waals surface area contributed by atoms with E-state index in [2.05, 4.69) is 20.6 Å². The molecule has 2 aromatic heterocycles. The van der Waals surface area contributed by atoms with Crippen molar-refractivity contribution in [2.45, 2.75) is 58.6 Å². The Bertz CT molecular complexity index is 1570. The number of likely N-dealkylation sites (tertiary alicyclic amines) is 1. The molecule has 10 heteroatoms. The van der Waals surface area contributed by atoms with E-state index >= 15 is 0 Å². The number of alkyl halides is 1. The number of piperidine rings is 1. The summed E-state index contributed by atoms with van der Waals surface area (Å²) in [6, 6.07) is 15.6. The maximum Gasteiger partial charge on any atom is 0.410 e. The molecule has 1 amide bonds. The summed E-state index contributed by atoms with van der Waals surface area (Å²) in [6.07, 6.45) is 5.28. The lowest BCUT2D eigenvalue weighted by molar-refractivity contribution is 0.0206. The standard InChI is InChI=1S/C33H39FN6O3/c1-22-13-14-24-25(10-5-12-27(24)35-18-8-16-34)29(22)42-30-26(11-6-17-36-30)28-15-19-37-31(39-28)38-23-9-7-20-40(21-23)32(41)43-33(2,3)4/h5-6,10-15,17,19,23,35H,7-9,16,18,20-21H2,1-4H3,(H,37,38,39). The Labute approximate surface area is 251 Å². The predicted octanol–water partition coefficient (Wildman–Crippen LogP) is 7.38. The fraction of sp³-hybridized carbons (Fsp3) is 0.394. The Kier molecular flexibility index (Phi) is 9.23. The third-order valence-electron chi connectivity index (χ3n) is 7.14. The van der Waals surface area contributed by atoms with E-state index in [1.54, 1.807) is 17.3 Å². The van der Waals surface area contributed by atoms with Crippen molar-refractivity contribution in [1.29, 1.82) is 0 Å². The predicted molar refractivity (Wildman–Crippen MR) is 168 cm³/mol. The number of ether oxygens (including phenoxy) is 2. The lowest BCUT2D eigenvalue weighted by Crippen LogP contribution is -2.47. The molecule has 0 aliphatic carbocycles. The molecule has 226 valence electrons. The topological polar surface area (TPSA) is 102 Å². The molecule has 0 bridgehead atoms. The Morgan fingerprint density at radius 1 is 1.07 bits per heavy atom. The second-order valence-electron chi connectivity index (χ2n) is 11.7. The molecule has 2 N–H and O–H groups in total. The summed E-state index contributed by atoms with van der Waals surface area (Å²) in [4.78, 5) is 28.2. The van der Waals surface area contributed by atoms with Crippen LogP contribution in [0.15, 0.2) is 60.9 Å². The highest BCUT2D eigenvalue weighted by Gasteiger charge is 2.28. The Balaban J connectivity index is 1.37. The van der Waals surface area contributed by atoms with Crippen LogP contribution in [0, 0.1) is 6.92 Å². The van der Waals surface area contributed by atoms with Crippen LogP contribution >= 0.6 is 0 Å². The van der Waals surface area contributed by atoms with Gasteiger partial charge in [-0.05, 0) is 76.8 Å². The van der Waals surface area contributed by atoms with Gasteiger partial charge in [-0.3, -0.25) is 4.39 Å². The molecule has 43 heavy (non-hydrogen) atoms. The van der Waals surface area contributed by atoms with E-state index < -0.39 is 5.60 Å². The fourth-order valence-electron chi connectivity index (χ4n) is 5.13. The van der Waals surface area contributed by atoms with Gasteiger partial charge >= 0.3 is 6.09 Å². The van der Waals surface area contributed by atoms with E-state index in [1.165, 1.54) is 0 Å². The van der Waals surface area contributed by atoms with Crippen molar-refractivity contribution >= 4 is 28.5 Å².